The number of rotatable bonds is 5. The Kier molecular flexibility index (Phi) is 4.92. The minimum absolute atomic E-state index is 0.0590. The lowest BCUT2D eigenvalue weighted by Crippen LogP contribution is -2.18. The van der Waals surface area contributed by atoms with Gasteiger partial charge < -0.3 is 4.57 Å². The fourth-order valence-electron chi connectivity index (χ4n) is 2.35. The predicted octanol–water partition coefficient (Wildman–Crippen LogP) is 4.30. The first-order valence-corrected chi connectivity index (χ1v) is 8.48. The van der Waals surface area contributed by atoms with Gasteiger partial charge in [-0.05, 0) is 35.9 Å². The molecule has 0 saturated heterocycles. The van der Waals surface area contributed by atoms with Crippen molar-refractivity contribution >= 4 is 28.7 Å². The standard InChI is InChI=1S/C18H14ClFN2OS/c19-16-4-2-1-3-13(16)9-15-10-22(18(21)24-15)11-17(23)12-5-7-14(20)8-6-12/h1-8,10,21H,9,11H2. The summed E-state index contributed by atoms with van der Waals surface area (Å²) < 4.78 is 14.5. The van der Waals surface area contributed by atoms with E-state index in [1.807, 2.05) is 24.3 Å². The van der Waals surface area contributed by atoms with Crippen LogP contribution in [0.2, 0.25) is 5.02 Å². The maximum atomic E-state index is 12.9. The molecule has 122 valence electrons. The number of ketones is 1. The first kappa shape index (κ1) is 16.6. The first-order valence-electron chi connectivity index (χ1n) is 7.29. The van der Waals surface area contributed by atoms with E-state index in [-0.39, 0.29) is 18.1 Å². The minimum atomic E-state index is -0.377. The largest absolute Gasteiger partial charge is 0.316 e. The number of hydrogen-bond donors (Lipinski definition) is 1. The van der Waals surface area contributed by atoms with Gasteiger partial charge in [-0.1, -0.05) is 29.8 Å². The van der Waals surface area contributed by atoms with Crippen molar-refractivity contribution in [2.24, 2.45) is 0 Å². The maximum absolute atomic E-state index is 12.9. The Hall–Kier alpha value is -2.24. The van der Waals surface area contributed by atoms with Gasteiger partial charge >= 0.3 is 0 Å². The van der Waals surface area contributed by atoms with Gasteiger partial charge in [-0.15, -0.1) is 11.3 Å². The van der Waals surface area contributed by atoms with Gasteiger partial charge in [0, 0.05) is 28.1 Å². The van der Waals surface area contributed by atoms with Crippen molar-refractivity contribution in [2.75, 3.05) is 0 Å². The van der Waals surface area contributed by atoms with E-state index in [1.54, 1.807) is 10.8 Å². The van der Waals surface area contributed by atoms with Crippen molar-refractivity contribution < 1.29 is 9.18 Å². The van der Waals surface area contributed by atoms with E-state index in [1.165, 1.54) is 35.6 Å². The number of benzene rings is 2. The van der Waals surface area contributed by atoms with E-state index in [2.05, 4.69) is 0 Å². The van der Waals surface area contributed by atoms with Crippen LogP contribution in [0, 0.1) is 11.2 Å². The second-order valence-corrected chi connectivity index (χ2v) is 6.85. The van der Waals surface area contributed by atoms with Crippen molar-refractivity contribution in [2.45, 2.75) is 13.0 Å². The van der Waals surface area contributed by atoms with E-state index in [0.717, 1.165) is 10.4 Å². The van der Waals surface area contributed by atoms with Crippen LogP contribution in [0.15, 0.2) is 54.7 Å². The molecule has 3 nitrogen and oxygen atoms in total. The molecule has 6 heteroatoms. The van der Waals surface area contributed by atoms with Crippen LogP contribution in [-0.4, -0.2) is 10.4 Å². The molecule has 0 atom stereocenters. The van der Waals surface area contributed by atoms with Crippen LogP contribution in [0.3, 0.4) is 0 Å². The Balaban J connectivity index is 1.77. The second kappa shape index (κ2) is 7.11. The number of carbonyl (C=O) groups excluding carboxylic acids is 1. The average molecular weight is 361 g/mol. The predicted molar refractivity (Wildman–Crippen MR) is 93.2 cm³/mol. The molecule has 0 saturated carbocycles. The summed E-state index contributed by atoms with van der Waals surface area (Å²) in [7, 11) is 0. The molecule has 0 spiro atoms. The third-order valence-corrected chi connectivity index (χ3v) is 4.90. The number of Topliss-reactive ketones (excluding diaryl/α,β-unsaturated/α-hetero) is 1. The molecule has 0 aliphatic carbocycles. The molecule has 24 heavy (non-hydrogen) atoms. The molecule has 0 aliphatic heterocycles. The molecule has 0 amide bonds. The molecule has 1 heterocycles. The lowest BCUT2D eigenvalue weighted by Gasteiger charge is -2.03. The Morgan fingerprint density at radius 1 is 1.17 bits per heavy atom. The summed E-state index contributed by atoms with van der Waals surface area (Å²) in [5.74, 6) is -0.534. The molecule has 0 fully saturated rings. The van der Waals surface area contributed by atoms with E-state index < -0.39 is 0 Å². The van der Waals surface area contributed by atoms with Crippen molar-refractivity contribution in [1.82, 2.24) is 4.57 Å². The molecule has 1 aromatic heterocycles. The molecule has 1 N–H and O–H groups in total. The number of nitrogens with zero attached hydrogens (tertiary/aromatic N) is 1. The van der Waals surface area contributed by atoms with Crippen LogP contribution < -0.4 is 4.80 Å². The van der Waals surface area contributed by atoms with Gasteiger partial charge in [0.15, 0.2) is 10.6 Å². The monoisotopic (exact) mass is 360 g/mol. The third-order valence-electron chi connectivity index (χ3n) is 3.59. The van der Waals surface area contributed by atoms with Crippen LogP contribution in [0.1, 0.15) is 20.8 Å². The number of thiazole rings is 1. The van der Waals surface area contributed by atoms with Gasteiger partial charge in [0.25, 0.3) is 0 Å². The molecule has 3 rings (SSSR count). The highest BCUT2D eigenvalue weighted by molar-refractivity contribution is 7.09. The summed E-state index contributed by atoms with van der Waals surface area (Å²) in [6.45, 7) is 0.0590. The van der Waals surface area contributed by atoms with Gasteiger partial charge in [-0.3, -0.25) is 10.2 Å². The fourth-order valence-corrected chi connectivity index (χ4v) is 3.45. The minimum Gasteiger partial charge on any atom is -0.316 e. The Morgan fingerprint density at radius 2 is 1.88 bits per heavy atom. The van der Waals surface area contributed by atoms with E-state index in [4.69, 9.17) is 17.0 Å². The molecule has 0 radical (unpaired) electrons. The van der Waals surface area contributed by atoms with Crippen molar-refractivity contribution in [3.8, 4) is 0 Å². The number of nitrogens with one attached hydrogen (secondary N) is 1. The fraction of sp³-hybridized carbons (Fsp3) is 0.111. The van der Waals surface area contributed by atoms with E-state index in [9.17, 15) is 9.18 Å². The average Bonchev–Trinajstić information content (AvgIpc) is 2.90. The van der Waals surface area contributed by atoms with Gasteiger partial charge in [0.1, 0.15) is 5.82 Å². The lowest BCUT2D eigenvalue weighted by molar-refractivity contribution is 0.0971. The van der Waals surface area contributed by atoms with Gasteiger partial charge in [0.2, 0.25) is 0 Å². The maximum Gasteiger partial charge on any atom is 0.182 e. The number of hydrogen-bond acceptors (Lipinski definition) is 3. The van der Waals surface area contributed by atoms with Crippen LogP contribution >= 0.6 is 22.9 Å². The smallest absolute Gasteiger partial charge is 0.182 e. The van der Waals surface area contributed by atoms with E-state index in [0.29, 0.717) is 21.8 Å². The normalized spacial score (nSPS) is 10.8. The number of carbonyl (C=O) groups is 1. The van der Waals surface area contributed by atoms with Crippen LogP contribution in [-0.2, 0) is 13.0 Å². The molecular weight excluding hydrogens is 347 g/mol. The highest BCUT2D eigenvalue weighted by Crippen LogP contribution is 2.20. The molecule has 0 aliphatic rings. The third kappa shape index (κ3) is 3.80. The molecule has 0 bridgehead atoms. The zero-order chi connectivity index (χ0) is 17.1. The molecular formula is C18H14ClFN2OS. The second-order valence-electron chi connectivity index (χ2n) is 5.33. The topological polar surface area (TPSA) is 45.9 Å². The van der Waals surface area contributed by atoms with Gasteiger partial charge in [0.05, 0.1) is 6.54 Å². The highest BCUT2D eigenvalue weighted by atomic mass is 35.5. The van der Waals surface area contributed by atoms with Crippen molar-refractivity contribution in [3.63, 3.8) is 0 Å². The summed E-state index contributed by atoms with van der Waals surface area (Å²) in [6.07, 6.45) is 2.42. The first-order chi connectivity index (χ1) is 11.5. The zero-order valence-corrected chi connectivity index (χ0v) is 14.2. The van der Waals surface area contributed by atoms with Crippen molar-refractivity contribution in [1.29, 1.82) is 5.41 Å². The molecule has 0 unspecified atom stereocenters. The van der Waals surface area contributed by atoms with Crippen LogP contribution in [0.25, 0.3) is 0 Å². The van der Waals surface area contributed by atoms with Crippen LogP contribution in [0.5, 0.6) is 0 Å². The SMILES string of the molecule is N=c1sc(Cc2ccccc2Cl)cn1CC(=O)c1ccc(F)cc1. The summed E-state index contributed by atoms with van der Waals surface area (Å²) in [6, 6.07) is 13.0. The summed E-state index contributed by atoms with van der Waals surface area (Å²) in [4.78, 5) is 13.5. The van der Waals surface area contributed by atoms with Crippen molar-refractivity contribution in [3.05, 3.63) is 86.4 Å². The van der Waals surface area contributed by atoms with Gasteiger partial charge in [-0.25, -0.2) is 4.39 Å². The van der Waals surface area contributed by atoms with E-state index >= 15 is 0 Å². The summed E-state index contributed by atoms with van der Waals surface area (Å²) in [5.41, 5.74) is 1.42. The van der Waals surface area contributed by atoms with Gasteiger partial charge in [-0.2, -0.15) is 0 Å². The Morgan fingerprint density at radius 3 is 2.58 bits per heavy atom. The summed E-state index contributed by atoms with van der Waals surface area (Å²) >= 11 is 7.48. The summed E-state index contributed by atoms with van der Waals surface area (Å²) in [5, 5.41) is 8.72. The van der Waals surface area contributed by atoms with Crippen LogP contribution in [0.4, 0.5) is 4.39 Å². The highest BCUT2D eigenvalue weighted by Gasteiger charge is 2.10. The number of aromatic nitrogens is 1. The Bertz CT molecular complexity index is 931. The number of halogens is 2. The quantitative estimate of drug-likeness (QED) is 0.677. The molecule has 3 aromatic rings. The Labute approximate surface area is 147 Å². The zero-order valence-electron chi connectivity index (χ0n) is 12.6. The molecule has 2 aromatic carbocycles. The lowest BCUT2D eigenvalue weighted by atomic mass is 10.1.